The smallest absolute Gasteiger partial charge is 0.339 e. The van der Waals surface area contributed by atoms with Crippen molar-refractivity contribution in [1.29, 1.82) is 0 Å². The number of aromatic nitrogens is 1. The van der Waals surface area contributed by atoms with Crippen molar-refractivity contribution in [2.75, 3.05) is 5.32 Å². The molecule has 3 aromatic rings. The third-order valence-electron chi connectivity index (χ3n) is 3.50. The summed E-state index contributed by atoms with van der Waals surface area (Å²) in [5.74, 6) is 0. The Kier molecular flexibility index (Phi) is 6.13. The quantitative estimate of drug-likeness (QED) is 0.523. The summed E-state index contributed by atoms with van der Waals surface area (Å²) in [4.78, 5) is 0. The average molecular weight is 387 g/mol. The first-order valence-corrected chi connectivity index (χ1v) is 8.17. The highest BCUT2D eigenvalue weighted by atomic mass is 79.9. The zero-order valence-electron chi connectivity index (χ0n) is 13.0. The van der Waals surface area contributed by atoms with Gasteiger partial charge in [-0.3, -0.25) is 0 Å². The number of halogens is 1. The second kappa shape index (κ2) is 8.09. The van der Waals surface area contributed by atoms with Crippen molar-refractivity contribution in [3.8, 4) is 11.3 Å². The Bertz CT molecular complexity index is 764. The summed E-state index contributed by atoms with van der Waals surface area (Å²) in [5, 5.41) is 6.81. The third kappa shape index (κ3) is 4.09. The summed E-state index contributed by atoms with van der Waals surface area (Å²) in [6.45, 7) is 6.76. The van der Waals surface area contributed by atoms with E-state index in [4.69, 9.17) is 0 Å². The molecule has 1 aromatic heterocycles. The van der Waals surface area contributed by atoms with Crippen LogP contribution in [0.15, 0.2) is 72.6 Å². The summed E-state index contributed by atoms with van der Waals surface area (Å²) in [5.41, 5.74) is 4.79. The van der Waals surface area contributed by atoms with Crippen LogP contribution in [0.4, 0.5) is 10.8 Å². The lowest BCUT2D eigenvalue weighted by molar-refractivity contribution is -0.657. The highest BCUT2D eigenvalue weighted by Crippen LogP contribution is 2.25. The van der Waals surface area contributed by atoms with E-state index < -0.39 is 0 Å². The van der Waals surface area contributed by atoms with Gasteiger partial charge in [0.2, 0.25) is 0 Å². The van der Waals surface area contributed by atoms with Gasteiger partial charge in [0.25, 0.3) is 0 Å². The van der Waals surface area contributed by atoms with E-state index in [1.807, 2.05) is 12.1 Å². The van der Waals surface area contributed by atoms with E-state index >= 15 is 0 Å². The number of benzene rings is 2. The van der Waals surface area contributed by atoms with Crippen LogP contribution in [0.25, 0.3) is 11.3 Å². The number of nitrogens with one attached hydrogen (secondary N) is 1. The zero-order valence-corrected chi connectivity index (χ0v) is 15.4. The monoisotopic (exact) mass is 386 g/mol. The fourth-order valence-corrected chi connectivity index (χ4v) is 3.31. The molecule has 2 nitrogen and oxygen atoms in total. The van der Waals surface area contributed by atoms with Crippen molar-refractivity contribution < 1.29 is 21.5 Å². The normalized spacial score (nSPS) is 9.96. The Labute approximate surface area is 151 Å². The van der Waals surface area contributed by atoms with Gasteiger partial charge < -0.3 is 17.0 Å². The fraction of sp³-hybridized carbons (Fsp3) is 0.105. The maximum Gasteiger partial charge on any atom is 0.339 e. The molecule has 0 spiro atoms. The Morgan fingerprint density at radius 3 is 2.43 bits per heavy atom. The van der Waals surface area contributed by atoms with Crippen LogP contribution < -0.4 is 26.9 Å². The van der Waals surface area contributed by atoms with E-state index in [2.05, 4.69) is 77.3 Å². The topological polar surface area (TPSA) is 15.9 Å². The van der Waals surface area contributed by atoms with E-state index in [0.29, 0.717) is 0 Å². The SMILES string of the molecule is C=CC[n+]1c(-c2ccccc2)csc1Nc1ccc(C)cc1.[Br-]. The van der Waals surface area contributed by atoms with Crippen molar-refractivity contribution in [3.63, 3.8) is 0 Å². The minimum atomic E-state index is 0. The molecule has 3 rings (SSSR count). The molecule has 2 aromatic carbocycles. The van der Waals surface area contributed by atoms with E-state index in [9.17, 15) is 0 Å². The first-order chi connectivity index (χ1) is 10.8. The Morgan fingerprint density at radius 1 is 1.09 bits per heavy atom. The van der Waals surface area contributed by atoms with Crippen LogP contribution in [0.2, 0.25) is 0 Å². The van der Waals surface area contributed by atoms with Gasteiger partial charge in [0.05, 0.1) is 0 Å². The first-order valence-electron chi connectivity index (χ1n) is 7.29. The van der Waals surface area contributed by atoms with Crippen molar-refractivity contribution in [2.45, 2.75) is 13.5 Å². The van der Waals surface area contributed by atoms with Crippen LogP contribution in [-0.2, 0) is 6.54 Å². The lowest BCUT2D eigenvalue weighted by Gasteiger charge is -2.04. The molecule has 0 unspecified atom stereocenters. The van der Waals surface area contributed by atoms with Crippen molar-refractivity contribution in [1.82, 2.24) is 0 Å². The van der Waals surface area contributed by atoms with Gasteiger partial charge in [0, 0.05) is 10.9 Å². The van der Waals surface area contributed by atoms with Gasteiger partial charge in [-0.2, -0.15) is 0 Å². The molecule has 4 heteroatoms. The van der Waals surface area contributed by atoms with Gasteiger partial charge in [-0.05, 0) is 19.1 Å². The minimum absolute atomic E-state index is 0. The highest BCUT2D eigenvalue weighted by Gasteiger charge is 2.18. The molecule has 1 heterocycles. The molecule has 0 saturated heterocycles. The van der Waals surface area contributed by atoms with Gasteiger partial charge in [0.1, 0.15) is 17.9 Å². The predicted octanol–water partition coefficient (Wildman–Crippen LogP) is 1.94. The molecule has 0 bridgehead atoms. The number of aryl methyl sites for hydroxylation is 1. The van der Waals surface area contributed by atoms with Gasteiger partial charge in [-0.25, -0.2) is 9.88 Å². The minimum Gasteiger partial charge on any atom is -1.00 e. The van der Waals surface area contributed by atoms with Gasteiger partial charge >= 0.3 is 5.13 Å². The number of anilines is 2. The molecule has 0 saturated carbocycles. The number of thiazole rings is 1. The van der Waals surface area contributed by atoms with Gasteiger partial charge in [0.15, 0.2) is 0 Å². The van der Waals surface area contributed by atoms with Crippen LogP contribution >= 0.6 is 11.3 Å². The van der Waals surface area contributed by atoms with E-state index in [-0.39, 0.29) is 17.0 Å². The maximum absolute atomic E-state index is 3.89. The molecule has 0 amide bonds. The fourth-order valence-electron chi connectivity index (χ4n) is 2.35. The van der Waals surface area contributed by atoms with E-state index in [1.54, 1.807) is 11.3 Å². The Hall–Kier alpha value is -1.91. The van der Waals surface area contributed by atoms with Gasteiger partial charge in [-0.15, -0.1) is 0 Å². The lowest BCUT2D eigenvalue weighted by atomic mass is 10.2. The highest BCUT2D eigenvalue weighted by molar-refractivity contribution is 7.13. The largest absolute Gasteiger partial charge is 1.00 e. The predicted molar refractivity (Wildman–Crippen MR) is 94.6 cm³/mol. The van der Waals surface area contributed by atoms with Crippen LogP contribution in [0, 0.1) is 6.92 Å². The molecule has 0 aliphatic heterocycles. The van der Waals surface area contributed by atoms with Crippen molar-refractivity contribution >= 4 is 22.2 Å². The van der Waals surface area contributed by atoms with Crippen molar-refractivity contribution in [2.24, 2.45) is 0 Å². The van der Waals surface area contributed by atoms with Crippen molar-refractivity contribution in [3.05, 3.63) is 78.2 Å². The molecule has 0 radical (unpaired) electrons. The lowest BCUT2D eigenvalue weighted by Crippen LogP contribution is -3.00. The summed E-state index contributed by atoms with van der Waals surface area (Å²) in [6.07, 6.45) is 1.93. The second-order valence-electron chi connectivity index (χ2n) is 5.18. The van der Waals surface area contributed by atoms with E-state index in [1.165, 1.54) is 16.8 Å². The van der Waals surface area contributed by atoms with Gasteiger partial charge in [-0.1, -0.05) is 72.0 Å². The number of nitrogens with zero attached hydrogens (tertiary/aromatic N) is 1. The zero-order chi connectivity index (χ0) is 15.4. The molecule has 0 aliphatic rings. The maximum atomic E-state index is 3.89. The number of allylic oxidation sites excluding steroid dienone is 1. The van der Waals surface area contributed by atoms with Crippen LogP contribution in [0.5, 0.6) is 0 Å². The molecule has 0 atom stereocenters. The second-order valence-corrected chi connectivity index (χ2v) is 6.04. The first kappa shape index (κ1) is 17.4. The molecule has 0 aliphatic carbocycles. The number of rotatable bonds is 5. The standard InChI is InChI=1S/C19H18N2S.BrH/c1-3-13-21-18(16-7-5-4-6-8-16)14-22-19(21)20-17-11-9-15(2)10-12-17;/h3-12,14H,1,13H2,2H3;1H. The number of hydrogen-bond acceptors (Lipinski definition) is 2. The van der Waals surface area contributed by atoms with Crippen LogP contribution in [0.3, 0.4) is 0 Å². The Morgan fingerprint density at radius 2 is 1.78 bits per heavy atom. The summed E-state index contributed by atoms with van der Waals surface area (Å²) in [6, 6.07) is 18.9. The average Bonchev–Trinajstić information content (AvgIpc) is 2.94. The van der Waals surface area contributed by atoms with Crippen LogP contribution in [0.1, 0.15) is 5.56 Å². The molecule has 118 valence electrons. The Balaban J connectivity index is 0.00000192. The summed E-state index contributed by atoms with van der Waals surface area (Å²) >= 11 is 1.71. The molecular weight excluding hydrogens is 368 g/mol. The van der Waals surface area contributed by atoms with Crippen LogP contribution in [-0.4, -0.2) is 0 Å². The molecule has 1 N–H and O–H groups in total. The summed E-state index contributed by atoms with van der Waals surface area (Å²) in [7, 11) is 0. The third-order valence-corrected chi connectivity index (χ3v) is 4.39. The van der Waals surface area contributed by atoms with E-state index in [0.717, 1.165) is 17.4 Å². The summed E-state index contributed by atoms with van der Waals surface area (Å²) < 4.78 is 2.26. The molecular formula is C19H19BrN2S. The molecule has 23 heavy (non-hydrogen) atoms. The number of hydrogen-bond donors (Lipinski definition) is 1. The molecule has 0 fully saturated rings.